The van der Waals surface area contributed by atoms with Gasteiger partial charge in [0.05, 0.1) is 7.11 Å². The highest BCUT2D eigenvalue weighted by Crippen LogP contribution is 2.27. The van der Waals surface area contributed by atoms with E-state index in [1.165, 1.54) is 0 Å². The van der Waals surface area contributed by atoms with Crippen molar-refractivity contribution in [3.63, 3.8) is 0 Å². The Morgan fingerprint density at radius 3 is 2.41 bits per heavy atom. The number of phenolic OH excluding ortho intramolecular Hbond substituents is 1. The largest absolute Gasteiger partial charge is 0.507 e. The Labute approximate surface area is 105 Å². The van der Waals surface area contributed by atoms with Gasteiger partial charge in [-0.3, -0.25) is 0 Å². The summed E-state index contributed by atoms with van der Waals surface area (Å²) in [5.74, 6) is 4.12. The van der Waals surface area contributed by atoms with Crippen LogP contribution < -0.4 is 4.74 Å². The van der Waals surface area contributed by atoms with Crippen LogP contribution in [0.5, 0.6) is 11.5 Å². The van der Waals surface area contributed by atoms with Gasteiger partial charge in [0, 0.05) is 18.1 Å². The van der Waals surface area contributed by atoms with E-state index in [4.69, 9.17) is 4.74 Å². The molecule has 1 rings (SSSR count). The third-order valence-corrected chi connectivity index (χ3v) is 3.31. The molecule has 0 saturated heterocycles. The molecule has 0 saturated carbocycles. The van der Waals surface area contributed by atoms with E-state index in [0.717, 1.165) is 11.1 Å². The Morgan fingerprint density at radius 1 is 1.29 bits per heavy atom. The summed E-state index contributed by atoms with van der Waals surface area (Å²) in [4.78, 5) is 0. The Balaban J connectivity index is 2.95. The molecule has 17 heavy (non-hydrogen) atoms. The van der Waals surface area contributed by atoms with E-state index in [1.54, 1.807) is 13.2 Å². The lowest BCUT2D eigenvalue weighted by Gasteiger charge is -2.09. The summed E-state index contributed by atoms with van der Waals surface area (Å²) in [5.41, 5.74) is 5.22. The van der Waals surface area contributed by atoms with Crippen LogP contribution in [0.1, 0.15) is 11.1 Å². The first-order chi connectivity index (χ1) is 7.83. The first-order valence-electron chi connectivity index (χ1n) is 5.70. The molecule has 0 fully saturated rings. The van der Waals surface area contributed by atoms with Gasteiger partial charge in [0.25, 0.3) is 0 Å². The molecule has 1 N–H and O–H groups in total. The average molecular weight is 248 g/mol. The van der Waals surface area contributed by atoms with Gasteiger partial charge in [0.15, 0.2) is 0 Å². The second-order valence-electron chi connectivity index (χ2n) is 5.17. The van der Waals surface area contributed by atoms with E-state index in [9.17, 15) is 5.11 Å². The SMILES string of the molecule is COc1cc(C)c(CC#C[Si](C)(C)C)c(O)c1. The minimum absolute atomic E-state index is 0.270. The number of benzene rings is 1. The lowest BCUT2D eigenvalue weighted by molar-refractivity contribution is 0.406. The summed E-state index contributed by atoms with van der Waals surface area (Å²) in [5, 5.41) is 9.90. The van der Waals surface area contributed by atoms with Crippen LogP contribution >= 0.6 is 0 Å². The zero-order chi connectivity index (χ0) is 13.1. The van der Waals surface area contributed by atoms with Crippen LogP contribution in [0.25, 0.3) is 0 Å². The first kappa shape index (κ1) is 13.7. The number of ether oxygens (including phenoxy) is 1. The molecule has 0 atom stereocenters. The van der Waals surface area contributed by atoms with Crippen LogP contribution in [0.2, 0.25) is 19.6 Å². The number of methoxy groups -OCH3 is 1. The highest BCUT2D eigenvalue weighted by molar-refractivity contribution is 6.83. The van der Waals surface area contributed by atoms with E-state index in [2.05, 4.69) is 31.1 Å². The summed E-state index contributed by atoms with van der Waals surface area (Å²) in [6.07, 6.45) is 0.603. The number of aromatic hydroxyl groups is 1. The molecular formula is C14H20O2Si. The lowest BCUT2D eigenvalue weighted by atomic mass is 10.0. The minimum Gasteiger partial charge on any atom is -0.507 e. The monoisotopic (exact) mass is 248 g/mol. The maximum absolute atomic E-state index is 9.90. The van der Waals surface area contributed by atoms with E-state index in [1.807, 2.05) is 13.0 Å². The molecule has 1 aromatic carbocycles. The minimum atomic E-state index is -1.33. The molecule has 0 spiro atoms. The normalized spacial score (nSPS) is 10.6. The summed E-state index contributed by atoms with van der Waals surface area (Å²) in [7, 11) is 0.265. The van der Waals surface area contributed by atoms with Gasteiger partial charge in [0.2, 0.25) is 0 Å². The van der Waals surface area contributed by atoms with Crippen LogP contribution in [0.15, 0.2) is 12.1 Å². The van der Waals surface area contributed by atoms with Crippen LogP contribution in [0.3, 0.4) is 0 Å². The second-order valence-corrected chi connectivity index (χ2v) is 9.92. The molecule has 0 unspecified atom stereocenters. The van der Waals surface area contributed by atoms with Crippen molar-refractivity contribution in [2.24, 2.45) is 0 Å². The number of hydrogen-bond acceptors (Lipinski definition) is 2. The Kier molecular flexibility index (Phi) is 4.25. The van der Waals surface area contributed by atoms with E-state index in [0.29, 0.717) is 12.2 Å². The van der Waals surface area contributed by atoms with E-state index < -0.39 is 8.07 Å². The van der Waals surface area contributed by atoms with Crippen molar-refractivity contribution in [3.8, 4) is 23.0 Å². The summed E-state index contributed by atoms with van der Waals surface area (Å²) < 4.78 is 5.10. The Bertz CT molecular complexity index is 438. The molecule has 0 aromatic heterocycles. The van der Waals surface area contributed by atoms with Crippen LogP contribution in [0, 0.1) is 18.4 Å². The van der Waals surface area contributed by atoms with Gasteiger partial charge in [-0.05, 0) is 18.6 Å². The van der Waals surface area contributed by atoms with Gasteiger partial charge >= 0.3 is 0 Å². The predicted octanol–water partition coefficient (Wildman–Crippen LogP) is 3.13. The van der Waals surface area contributed by atoms with Crippen LogP contribution in [0.4, 0.5) is 0 Å². The van der Waals surface area contributed by atoms with Crippen LogP contribution in [-0.4, -0.2) is 20.3 Å². The number of rotatable bonds is 2. The molecule has 0 aliphatic heterocycles. The first-order valence-corrected chi connectivity index (χ1v) is 9.20. The van der Waals surface area contributed by atoms with E-state index in [-0.39, 0.29) is 5.75 Å². The van der Waals surface area contributed by atoms with Crippen molar-refractivity contribution in [1.29, 1.82) is 0 Å². The van der Waals surface area contributed by atoms with Crippen molar-refractivity contribution < 1.29 is 9.84 Å². The molecule has 2 nitrogen and oxygen atoms in total. The number of phenols is 1. The van der Waals surface area contributed by atoms with Crippen molar-refractivity contribution >= 4 is 8.07 Å². The van der Waals surface area contributed by atoms with Crippen molar-refractivity contribution in [2.45, 2.75) is 33.0 Å². The Hall–Kier alpha value is -1.40. The van der Waals surface area contributed by atoms with Crippen LogP contribution in [-0.2, 0) is 6.42 Å². The summed E-state index contributed by atoms with van der Waals surface area (Å²) in [6, 6.07) is 3.56. The molecular weight excluding hydrogens is 228 g/mol. The lowest BCUT2D eigenvalue weighted by Crippen LogP contribution is -2.16. The molecule has 3 heteroatoms. The maximum Gasteiger partial charge on any atom is 0.129 e. The third-order valence-electron chi connectivity index (χ3n) is 2.39. The predicted molar refractivity (Wildman–Crippen MR) is 74.2 cm³/mol. The molecule has 0 amide bonds. The fourth-order valence-electron chi connectivity index (χ4n) is 1.51. The quantitative estimate of drug-likeness (QED) is 0.643. The average Bonchev–Trinajstić information content (AvgIpc) is 2.20. The molecule has 0 radical (unpaired) electrons. The standard InChI is InChI=1S/C14H20O2Si/c1-11-9-12(16-2)10-14(15)13(11)7-6-8-17(3,4)5/h9-10,15H,7H2,1-5H3. The van der Waals surface area contributed by atoms with Gasteiger partial charge < -0.3 is 9.84 Å². The van der Waals surface area contributed by atoms with Gasteiger partial charge in [0.1, 0.15) is 19.6 Å². The second kappa shape index (κ2) is 5.28. The summed E-state index contributed by atoms with van der Waals surface area (Å²) >= 11 is 0. The molecule has 0 aliphatic rings. The smallest absolute Gasteiger partial charge is 0.129 e. The molecule has 0 bridgehead atoms. The highest BCUT2D eigenvalue weighted by atomic mass is 28.3. The van der Waals surface area contributed by atoms with E-state index >= 15 is 0 Å². The van der Waals surface area contributed by atoms with Crippen molar-refractivity contribution in [2.75, 3.05) is 7.11 Å². The zero-order valence-electron chi connectivity index (χ0n) is 11.2. The molecule has 0 heterocycles. The highest BCUT2D eigenvalue weighted by Gasteiger charge is 2.09. The zero-order valence-corrected chi connectivity index (χ0v) is 12.2. The van der Waals surface area contributed by atoms with Gasteiger partial charge in [-0.25, -0.2) is 0 Å². The Morgan fingerprint density at radius 2 is 1.94 bits per heavy atom. The van der Waals surface area contributed by atoms with Gasteiger partial charge in [-0.15, -0.1) is 11.5 Å². The molecule has 1 aromatic rings. The molecule has 0 aliphatic carbocycles. The van der Waals surface area contributed by atoms with Crippen molar-refractivity contribution in [1.82, 2.24) is 0 Å². The fourth-order valence-corrected chi connectivity index (χ4v) is 2.13. The summed E-state index contributed by atoms with van der Waals surface area (Å²) in [6.45, 7) is 8.59. The third kappa shape index (κ3) is 4.16. The number of aryl methyl sites for hydroxylation is 1. The molecule has 92 valence electrons. The van der Waals surface area contributed by atoms with Gasteiger partial charge in [-0.1, -0.05) is 19.6 Å². The van der Waals surface area contributed by atoms with Gasteiger partial charge in [-0.2, -0.15) is 0 Å². The number of hydrogen-bond donors (Lipinski definition) is 1. The fraction of sp³-hybridized carbons (Fsp3) is 0.429. The van der Waals surface area contributed by atoms with Crippen molar-refractivity contribution in [3.05, 3.63) is 23.3 Å². The maximum atomic E-state index is 9.90. The topological polar surface area (TPSA) is 29.5 Å².